The maximum Gasteiger partial charge on any atom is 0.224 e. The molecular formula is C26H34N2O4. The monoisotopic (exact) mass is 438 g/mol. The number of hydrogen-bond donors (Lipinski definition) is 1. The van der Waals surface area contributed by atoms with Crippen LogP contribution in [0.1, 0.15) is 61.9 Å². The molecule has 32 heavy (non-hydrogen) atoms. The summed E-state index contributed by atoms with van der Waals surface area (Å²) in [7, 11) is 1.54. The summed E-state index contributed by atoms with van der Waals surface area (Å²) in [6.45, 7) is 6.32. The number of likely N-dealkylation sites (tertiary alicyclic amines) is 1. The first-order valence-corrected chi connectivity index (χ1v) is 11.4. The van der Waals surface area contributed by atoms with Gasteiger partial charge in [-0.15, -0.1) is 0 Å². The van der Waals surface area contributed by atoms with Gasteiger partial charge in [-0.2, -0.15) is 0 Å². The van der Waals surface area contributed by atoms with Crippen molar-refractivity contribution in [3.05, 3.63) is 53.6 Å². The van der Waals surface area contributed by atoms with E-state index in [1.54, 1.807) is 18.2 Å². The Morgan fingerprint density at radius 2 is 1.88 bits per heavy atom. The Morgan fingerprint density at radius 1 is 1.09 bits per heavy atom. The predicted molar refractivity (Wildman–Crippen MR) is 127 cm³/mol. The number of ketones is 1. The number of ether oxygens (including phenoxy) is 2. The summed E-state index contributed by atoms with van der Waals surface area (Å²) in [4.78, 5) is 26.3. The maximum atomic E-state index is 12.3. The molecule has 1 heterocycles. The number of methoxy groups -OCH3 is 1. The number of nitrogens with one attached hydrogen (secondary N) is 1. The van der Waals surface area contributed by atoms with Crippen molar-refractivity contribution in [1.29, 1.82) is 0 Å². The Morgan fingerprint density at radius 3 is 2.56 bits per heavy atom. The molecule has 1 atom stereocenters. The fourth-order valence-electron chi connectivity index (χ4n) is 3.96. The van der Waals surface area contributed by atoms with Crippen molar-refractivity contribution in [2.24, 2.45) is 0 Å². The number of amides is 1. The lowest BCUT2D eigenvalue weighted by Crippen LogP contribution is -2.36. The van der Waals surface area contributed by atoms with Crippen LogP contribution in [0.25, 0.3) is 0 Å². The van der Waals surface area contributed by atoms with Gasteiger partial charge in [0.05, 0.1) is 13.7 Å². The molecule has 1 fully saturated rings. The molecule has 2 aromatic carbocycles. The molecule has 3 rings (SSSR count). The maximum absolute atomic E-state index is 12.3. The number of carbonyl (C=O) groups excluding carboxylic acids is 2. The third-order valence-electron chi connectivity index (χ3n) is 5.94. The van der Waals surface area contributed by atoms with Crippen LogP contribution >= 0.6 is 0 Å². The Bertz CT molecular complexity index is 911. The zero-order chi connectivity index (χ0) is 22.9. The van der Waals surface area contributed by atoms with Crippen LogP contribution in [0.3, 0.4) is 0 Å². The third kappa shape index (κ3) is 6.82. The molecule has 6 nitrogen and oxygen atoms in total. The van der Waals surface area contributed by atoms with Crippen molar-refractivity contribution < 1.29 is 19.1 Å². The van der Waals surface area contributed by atoms with Crippen LogP contribution in [0.2, 0.25) is 0 Å². The average molecular weight is 439 g/mol. The molecule has 0 saturated carbocycles. The van der Waals surface area contributed by atoms with E-state index in [2.05, 4.69) is 29.3 Å². The van der Waals surface area contributed by atoms with Crippen LogP contribution in [0, 0.1) is 0 Å². The van der Waals surface area contributed by atoms with Crippen molar-refractivity contribution in [2.75, 3.05) is 25.6 Å². The average Bonchev–Trinajstić information content (AvgIpc) is 2.79. The second kappa shape index (κ2) is 11.7. The normalized spacial score (nSPS) is 16.4. The van der Waals surface area contributed by atoms with Crippen LogP contribution in [0.5, 0.6) is 11.5 Å². The van der Waals surface area contributed by atoms with Crippen molar-refractivity contribution in [3.8, 4) is 11.5 Å². The highest BCUT2D eigenvalue weighted by Crippen LogP contribution is 2.28. The molecule has 1 aliphatic rings. The van der Waals surface area contributed by atoms with E-state index >= 15 is 0 Å². The number of piperidine rings is 1. The van der Waals surface area contributed by atoms with Gasteiger partial charge in [-0.25, -0.2) is 0 Å². The van der Waals surface area contributed by atoms with Gasteiger partial charge in [-0.05, 0) is 75.5 Å². The zero-order valence-corrected chi connectivity index (χ0v) is 19.4. The van der Waals surface area contributed by atoms with Gasteiger partial charge in [0.1, 0.15) is 0 Å². The van der Waals surface area contributed by atoms with Crippen LogP contribution in [0.15, 0.2) is 42.5 Å². The van der Waals surface area contributed by atoms with Crippen molar-refractivity contribution >= 4 is 17.4 Å². The van der Waals surface area contributed by atoms with E-state index in [9.17, 15) is 9.59 Å². The van der Waals surface area contributed by atoms with Gasteiger partial charge in [-0.1, -0.05) is 18.6 Å². The molecule has 0 radical (unpaired) electrons. The van der Waals surface area contributed by atoms with E-state index < -0.39 is 0 Å². The molecule has 0 spiro atoms. The quantitative estimate of drug-likeness (QED) is 0.414. The predicted octanol–water partition coefficient (Wildman–Crippen LogP) is 5.07. The van der Waals surface area contributed by atoms with E-state index in [-0.39, 0.29) is 11.7 Å². The van der Waals surface area contributed by atoms with Crippen molar-refractivity contribution in [3.63, 3.8) is 0 Å². The molecule has 172 valence electrons. The van der Waals surface area contributed by atoms with E-state index in [1.807, 2.05) is 12.1 Å². The highest BCUT2D eigenvalue weighted by molar-refractivity contribution is 5.94. The van der Waals surface area contributed by atoms with Crippen LogP contribution in [-0.4, -0.2) is 42.9 Å². The standard InChI is InChI=1S/C26H34N2O4/c1-19-7-4-5-15-28(19)18-21-9-12-23(13-10-21)27-26(30)8-6-16-32-24-14-11-22(20(2)29)17-25(24)31-3/h9-14,17,19H,4-8,15-16,18H2,1-3H3,(H,27,30). The van der Waals surface area contributed by atoms with Gasteiger partial charge in [-0.3, -0.25) is 14.5 Å². The van der Waals surface area contributed by atoms with Crippen molar-refractivity contribution in [1.82, 2.24) is 4.90 Å². The fourth-order valence-corrected chi connectivity index (χ4v) is 3.96. The Kier molecular flexibility index (Phi) is 8.68. The van der Waals surface area contributed by atoms with Crippen molar-refractivity contribution in [2.45, 2.75) is 58.5 Å². The summed E-state index contributed by atoms with van der Waals surface area (Å²) < 4.78 is 11.0. The summed E-state index contributed by atoms with van der Waals surface area (Å²) in [6.07, 6.45) is 4.82. The molecule has 0 bridgehead atoms. The second-order valence-corrected chi connectivity index (χ2v) is 8.43. The van der Waals surface area contributed by atoms with Crippen LogP contribution in [-0.2, 0) is 11.3 Å². The number of rotatable bonds is 10. The smallest absolute Gasteiger partial charge is 0.224 e. The highest BCUT2D eigenvalue weighted by atomic mass is 16.5. The molecule has 6 heteroatoms. The van der Waals surface area contributed by atoms with Gasteiger partial charge in [0.15, 0.2) is 17.3 Å². The largest absolute Gasteiger partial charge is 0.493 e. The summed E-state index contributed by atoms with van der Waals surface area (Å²) in [5, 5.41) is 2.95. The topological polar surface area (TPSA) is 67.9 Å². The summed E-state index contributed by atoms with van der Waals surface area (Å²) in [6, 6.07) is 13.9. The summed E-state index contributed by atoms with van der Waals surface area (Å²) in [5.41, 5.74) is 2.66. The van der Waals surface area contributed by atoms with Gasteiger partial charge in [0.25, 0.3) is 0 Å². The van der Waals surface area contributed by atoms with Gasteiger partial charge >= 0.3 is 0 Å². The van der Waals surface area contributed by atoms with Gasteiger partial charge in [0, 0.05) is 30.3 Å². The first-order valence-electron chi connectivity index (χ1n) is 11.4. The van der Waals surface area contributed by atoms with E-state index in [0.29, 0.717) is 42.6 Å². The molecule has 0 aliphatic carbocycles. The molecular weight excluding hydrogens is 404 g/mol. The lowest BCUT2D eigenvalue weighted by atomic mass is 10.0. The number of Topliss-reactive ketones (excluding diaryl/α,β-unsaturated/α-hetero) is 1. The minimum Gasteiger partial charge on any atom is -0.493 e. The Hall–Kier alpha value is -2.86. The second-order valence-electron chi connectivity index (χ2n) is 8.43. The van der Waals surface area contributed by atoms with Gasteiger partial charge in [0.2, 0.25) is 5.91 Å². The molecule has 1 aliphatic heterocycles. The first kappa shape index (κ1) is 23.8. The molecule has 0 aromatic heterocycles. The molecule has 1 unspecified atom stereocenters. The van der Waals surface area contributed by atoms with Crippen LogP contribution in [0.4, 0.5) is 5.69 Å². The minimum absolute atomic E-state index is 0.0272. The summed E-state index contributed by atoms with van der Waals surface area (Å²) >= 11 is 0. The lowest BCUT2D eigenvalue weighted by molar-refractivity contribution is -0.116. The van der Waals surface area contributed by atoms with E-state index in [0.717, 1.165) is 18.8 Å². The minimum atomic E-state index is -0.0371. The molecule has 2 aromatic rings. The van der Waals surface area contributed by atoms with Gasteiger partial charge < -0.3 is 14.8 Å². The number of nitrogens with zero attached hydrogens (tertiary/aromatic N) is 1. The SMILES string of the molecule is COc1cc(C(C)=O)ccc1OCCCC(=O)Nc1ccc(CN2CCCCC2C)cc1. The number of carbonyl (C=O) groups is 2. The van der Waals surface area contributed by atoms with Crippen LogP contribution < -0.4 is 14.8 Å². The molecule has 1 amide bonds. The zero-order valence-electron chi connectivity index (χ0n) is 19.4. The third-order valence-corrected chi connectivity index (χ3v) is 5.94. The summed E-state index contributed by atoms with van der Waals surface area (Å²) in [5.74, 6) is 1.02. The number of anilines is 1. The lowest BCUT2D eigenvalue weighted by Gasteiger charge is -2.33. The molecule has 1 saturated heterocycles. The first-order chi connectivity index (χ1) is 15.5. The number of benzene rings is 2. The van der Waals surface area contributed by atoms with E-state index in [1.165, 1.54) is 38.9 Å². The Balaban J connectivity index is 1.41. The fraction of sp³-hybridized carbons (Fsp3) is 0.462. The highest BCUT2D eigenvalue weighted by Gasteiger charge is 2.18. The Labute approximate surface area is 190 Å². The number of hydrogen-bond acceptors (Lipinski definition) is 5. The molecule has 1 N–H and O–H groups in total. The van der Waals surface area contributed by atoms with E-state index in [4.69, 9.17) is 9.47 Å².